The SMILES string of the molecule is C[C@@H]1CN(C(=O)[C@H]2CN(c3cncnc3)C[C@@H]2c2ccc(F)cc2F)C[C@H](C)C1(O)c1ccccc1. The Morgan fingerprint density at radius 2 is 1.64 bits per heavy atom. The van der Waals surface area contributed by atoms with Crippen molar-refractivity contribution < 1.29 is 18.7 Å². The fourth-order valence-corrected chi connectivity index (χ4v) is 6.03. The van der Waals surface area contributed by atoms with Crippen molar-refractivity contribution in [2.24, 2.45) is 17.8 Å². The molecule has 0 aliphatic carbocycles. The maximum absolute atomic E-state index is 14.9. The summed E-state index contributed by atoms with van der Waals surface area (Å²) in [6, 6.07) is 13.1. The lowest BCUT2D eigenvalue weighted by molar-refractivity contribution is -0.152. The van der Waals surface area contributed by atoms with E-state index in [0.29, 0.717) is 31.7 Å². The van der Waals surface area contributed by atoms with Gasteiger partial charge in [-0.25, -0.2) is 18.7 Å². The van der Waals surface area contributed by atoms with Crippen molar-refractivity contribution in [3.05, 3.63) is 90.0 Å². The van der Waals surface area contributed by atoms with Crippen LogP contribution in [0.15, 0.2) is 67.3 Å². The first-order valence-corrected chi connectivity index (χ1v) is 12.3. The molecule has 0 radical (unpaired) electrons. The molecule has 188 valence electrons. The summed E-state index contributed by atoms with van der Waals surface area (Å²) in [6.07, 6.45) is 4.77. The molecule has 0 bridgehead atoms. The van der Waals surface area contributed by atoms with Crippen molar-refractivity contribution >= 4 is 11.6 Å². The maximum atomic E-state index is 14.9. The highest BCUT2D eigenvalue weighted by atomic mass is 19.1. The van der Waals surface area contributed by atoms with Gasteiger partial charge in [0.25, 0.3) is 0 Å². The number of anilines is 1. The van der Waals surface area contributed by atoms with Crippen molar-refractivity contribution in [1.82, 2.24) is 14.9 Å². The van der Waals surface area contributed by atoms with E-state index in [2.05, 4.69) is 9.97 Å². The van der Waals surface area contributed by atoms with E-state index in [1.165, 1.54) is 18.5 Å². The summed E-state index contributed by atoms with van der Waals surface area (Å²) in [5.41, 5.74) is 0.871. The first-order valence-electron chi connectivity index (χ1n) is 12.3. The Labute approximate surface area is 209 Å². The number of carbonyl (C=O) groups is 1. The van der Waals surface area contributed by atoms with Gasteiger partial charge >= 0.3 is 0 Å². The van der Waals surface area contributed by atoms with Crippen molar-refractivity contribution in [2.75, 3.05) is 31.1 Å². The molecular formula is C28H30F2N4O2. The van der Waals surface area contributed by atoms with E-state index in [1.807, 2.05) is 49.1 Å². The van der Waals surface area contributed by atoms with Gasteiger partial charge in [-0.15, -0.1) is 0 Å². The third-order valence-corrected chi connectivity index (χ3v) is 7.95. The Morgan fingerprint density at radius 3 is 2.28 bits per heavy atom. The molecule has 2 aliphatic heterocycles. The average molecular weight is 493 g/mol. The molecule has 2 aliphatic rings. The first kappa shape index (κ1) is 24.3. The van der Waals surface area contributed by atoms with Gasteiger partial charge in [-0.05, 0) is 17.2 Å². The number of nitrogens with zero attached hydrogens (tertiary/aromatic N) is 4. The fraction of sp³-hybridized carbons (Fsp3) is 0.393. The van der Waals surface area contributed by atoms with Crippen molar-refractivity contribution in [3.8, 4) is 0 Å². The number of carbonyl (C=O) groups excluding carboxylic acids is 1. The van der Waals surface area contributed by atoms with Crippen LogP contribution in [0.25, 0.3) is 0 Å². The van der Waals surface area contributed by atoms with Crippen LogP contribution < -0.4 is 4.90 Å². The third kappa shape index (κ3) is 4.23. The number of piperidine rings is 1. The van der Waals surface area contributed by atoms with E-state index in [4.69, 9.17) is 0 Å². The lowest BCUT2D eigenvalue weighted by Gasteiger charge is -2.48. The molecule has 36 heavy (non-hydrogen) atoms. The van der Waals surface area contributed by atoms with Crippen LogP contribution in [0.1, 0.15) is 30.9 Å². The largest absolute Gasteiger partial charge is 0.384 e. The molecule has 3 heterocycles. The summed E-state index contributed by atoms with van der Waals surface area (Å²) >= 11 is 0. The molecule has 8 heteroatoms. The second-order valence-corrected chi connectivity index (χ2v) is 10.1. The molecule has 2 fully saturated rings. The Bertz CT molecular complexity index is 1210. The highest BCUT2D eigenvalue weighted by Gasteiger charge is 2.49. The summed E-state index contributed by atoms with van der Waals surface area (Å²) in [5.74, 6) is -2.78. The minimum Gasteiger partial charge on any atom is -0.384 e. The number of amides is 1. The van der Waals surface area contributed by atoms with Crippen LogP contribution in [0.4, 0.5) is 14.5 Å². The van der Waals surface area contributed by atoms with Crippen LogP contribution in [0.5, 0.6) is 0 Å². The van der Waals surface area contributed by atoms with Gasteiger partial charge in [-0.2, -0.15) is 0 Å². The van der Waals surface area contributed by atoms with Gasteiger partial charge in [-0.1, -0.05) is 50.2 Å². The number of halogens is 2. The van der Waals surface area contributed by atoms with E-state index in [1.54, 1.807) is 17.3 Å². The van der Waals surface area contributed by atoms with Gasteiger partial charge in [0, 0.05) is 50.0 Å². The molecule has 6 nitrogen and oxygen atoms in total. The molecule has 3 aromatic rings. The number of aliphatic hydroxyl groups is 1. The molecule has 1 N–H and O–H groups in total. The predicted octanol–water partition coefficient (Wildman–Crippen LogP) is 3.98. The lowest BCUT2D eigenvalue weighted by atomic mass is 9.70. The van der Waals surface area contributed by atoms with Crippen LogP contribution in [0, 0.1) is 29.4 Å². The Balaban J connectivity index is 1.43. The van der Waals surface area contributed by atoms with Crippen LogP contribution in [-0.2, 0) is 10.4 Å². The third-order valence-electron chi connectivity index (χ3n) is 7.95. The molecule has 0 spiro atoms. The Kier molecular flexibility index (Phi) is 6.47. The Morgan fingerprint density at radius 1 is 0.972 bits per heavy atom. The van der Waals surface area contributed by atoms with E-state index >= 15 is 0 Å². The smallest absolute Gasteiger partial charge is 0.228 e. The topological polar surface area (TPSA) is 69.6 Å². The summed E-state index contributed by atoms with van der Waals surface area (Å²) in [5, 5.41) is 11.7. The van der Waals surface area contributed by atoms with Gasteiger partial charge in [0.05, 0.1) is 29.6 Å². The van der Waals surface area contributed by atoms with Crippen LogP contribution in [0.3, 0.4) is 0 Å². The summed E-state index contributed by atoms with van der Waals surface area (Å²) in [4.78, 5) is 25.9. The van der Waals surface area contributed by atoms with E-state index in [0.717, 1.165) is 17.3 Å². The highest BCUT2D eigenvalue weighted by Crippen LogP contribution is 2.43. The molecule has 1 aromatic heterocycles. The summed E-state index contributed by atoms with van der Waals surface area (Å²) < 4.78 is 28.5. The number of hydrogen-bond donors (Lipinski definition) is 1. The van der Waals surface area contributed by atoms with E-state index in [9.17, 15) is 18.7 Å². The first-order chi connectivity index (χ1) is 17.3. The normalized spacial score (nSPS) is 28.4. The zero-order valence-corrected chi connectivity index (χ0v) is 20.4. The summed E-state index contributed by atoms with van der Waals surface area (Å²) in [7, 11) is 0. The quantitative estimate of drug-likeness (QED) is 0.597. The molecule has 5 atom stereocenters. The van der Waals surface area contributed by atoms with Gasteiger partial charge in [-0.3, -0.25) is 4.79 Å². The monoisotopic (exact) mass is 492 g/mol. The molecular weight excluding hydrogens is 462 g/mol. The van der Waals surface area contributed by atoms with E-state index < -0.39 is 29.1 Å². The zero-order chi connectivity index (χ0) is 25.4. The van der Waals surface area contributed by atoms with Crippen LogP contribution >= 0.6 is 0 Å². The maximum Gasteiger partial charge on any atom is 0.228 e. The number of benzene rings is 2. The second kappa shape index (κ2) is 9.58. The van der Waals surface area contributed by atoms with Crippen LogP contribution in [0.2, 0.25) is 0 Å². The minimum absolute atomic E-state index is 0.0862. The number of likely N-dealkylation sites (tertiary alicyclic amines) is 1. The van der Waals surface area contributed by atoms with Crippen molar-refractivity contribution in [1.29, 1.82) is 0 Å². The zero-order valence-electron chi connectivity index (χ0n) is 20.4. The molecule has 2 aromatic carbocycles. The lowest BCUT2D eigenvalue weighted by Crippen LogP contribution is -2.57. The predicted molar refractivity (Wildman–Crippen MR) is 132 cm³/mol. The van der Waals surface area contributed by atoms with Gasteiger partial charge < -0.3 is 14.9 Å². The molecule has 1 unspecified atom stereocenters. The molecule has 2 saturated heterocycles. The number of rotatable bonds is 4. The molecule has 5 rings (SSSR count). The van der Waals surface area contributed by atoms with Gasteiger partial charge in [0.1, 0.15) is 18.0 Å². The number of hydrogen-bond acceptors (Lipinski definition) is 5. The Hall–Kier alpha value is -3.39. The molecule has 1 amide bonds. The van der Waals surface area contributed by atoms with Gasteiger partial charge in [0.15, 0.2) is 0 Å². The van der Waals surface area contributed by atoms with Crippen molar-refractivity contribution in [3.63, 3.8) is 0 Å². The number of aromatic nitrogens is 2. The van der Waals surface area contributed by atoms with Crippen LogP contribution in [-0.4, -0.2) is 52.1 Å². The van der Waals surface area contributed by atoms with Gasteiger partial charge in [0.2, 0.25) is 5.91 Å². The van der Waals surface area contributed by atoms with E-state index in [-0.39, 0.29) is 17.7 Å². The standard InChI is InChI=1S/C28H30F2N4O2/c1-18-13-34(14-19(2)28(18,36)20-6-4-3-5-7-20)27(35)25-16-33(22-11-31-17-32-12-22)15-24(25)23-9-8-21(29)10-26(23)30/h3-12,17-19,24-25,36H,13-16H2,1-2H3/t18-,19+,24-,25+,28?/m1/s1. The highest BCUT2D eigenvalue weighted by molar-refractivity contribution is 5.82. The average Bonchev–Trinajstić information content (AvgIpc) is 3.32. The summed E-state index contributed by atoms with van der Waals surface area (Å²) in [6.45, 7) is 5.45. The fourth-order valence-electron chi connectivity index (χ4n) is 6.03. The minimum atomic E-state index is -1.05. The second-order valence-electron chi connectivity index (χ2n) is 10.1. The van der Waals surface area contributed by atoms with Crippen molar-refractivity contribution in [2.45, 2.75) is 25.4 Å². The molecule has 0 saturated carbocycles.